The molecule has 2 amide bonds. The van der Waals surface area contributed by atoms with Gasteiger partial charge in [0.05, 0.1) is 5.75 Å². The molecule has 2 unspecified atom stereocenters. The number of hydrogen-bond acceptors (Lipinski definition) is 5. The van der Waals surface area contributed by atoms with Crippen LogP contribution in [0.15, 0.2) is 114 Å². The first-order valence-corrected chi connectivity index (χ1v) is 15.2. The van der Waals surface area contributed by atoms with Crippen molar-refractivity contribution in [3.05, 3.63) is 121 Å². The molecule has 1 aliphatic rings. The summed E-state index contributed by atoms with van der Waals surface area (Å²) in [5.74, 6) is 1.08. The summed E-state index contributed by atoms with van der Waals surface area (Å²) >= 11 is 1.50. The molecule has 43 heavy (non-hydrogen) atoms. The third-order valence-electron chi connectivity index (χ3n) is 7.54. The lowest BCUT2D eigenvalue weighted by Crippen LogP contribution is -2.37. The first-order chi connectivity index (χ1) is 20.9. The lowest BCUT2D eigenvalue weighted by molar-refractivity contribution is -0.129. The lowest BCUT2D eigenvalue weighted by Gasteiger charge is -2.28. The Labute approximate surface area is 256 Å². The Kier molecular flexibility index (Phi) is 9.89. The van der Waals surface area contributed by atoms with Crippen molar-refractivity contribution in [2.24, 2.45) is 11.3 Å². The van der Waals surface area contributed by atoms with Gasteiger partial charge in [0.25, 0.3) is 0 Å². The van der Waals surface area contributed by atoms with Gasteiger partial charge in [-0.15, -0.1) is 11.8 Å². The van der Waals surface area contributed by atoms with E-state index in [-0.39, 0.29) is 23.5 Å². The maximum absolute atomic E-state index is 13.7. The van der Waals surface area contributed by atoms with Crippen LogP contribution in [0.25, 0.3) is 6.08 Å². The van der Waals surface area contributed by atoms with Gasteiger partial charge < -0.3 is 15.0 Å². The lowest BCUT2D eigenvalue weighted by atomic mass is 9.78. The van der Waals surface area contributed by atoms with Crippen molar-refractivity contribution in [3.8, 4) is 11.5 Å². The SMILES string of the molecule is CC1(C(=O)Nc2ccc(Oc3ccc(F)cc3)cc2)CCN(C(=O)CSc2ccncc2)CC(/C=C/c2ccccc2)C1. The second-order valence-electron chi connectivity index (χ2n) is 10.9. The third kappa shape index (κ3) is 8.55. The normalized spacial score (nSPS) is 18.7. The molecule has 1 saturated heterocycles. The van der Waals surface area contributed by atoms with Gasteiger partial charge >= 0.3 is 0 Å². The summed E-state index contributed by atoms with van der Waals surface area (Å²) in [7, 11) is 0. The number of nitrogens with zero attached hydrogens (tertiary/aromatic N) is 2. The second kappa shape index (κ2) is 14.2. The first kappa shape index (κ1) is 30.0. The third-order valence-corrected chi connectivity index (χ3v) is 8.53. The Morgan fingerprint density at radius 1 is 1.00 bits per heavy atom. The molecule has 0 aliphatic carbocycles. The van der Waals surface area contributed by atoms with E-state index in [9.17, 15) is 14.0 Å². The Bertz CT molecular complexity index is 1530. The van der Waals surface area contributed by atoms with E-state index in [1.807, 2.05) is 54.3 Å². The number of amides is 2. The first-order valence-electron chi connectivity index (χ1n) is 14.3. The highest BCUT2D eigenvalue weighted by Gasteiger charge is 2.39. The number of aromatic nitrogens is 1. The van der Waals surface area contributed by atoms with Gasteiger partial charge in [0, 0.05) is 41.5 Å². The van der Waals surface area contributed by atoms with Crippen LogP contribution in [0.4, 0.5) is 10.1 Å². The fourth-order valence-electron chi connectivity index (χ4n) is 5.07. The molecule has 0 saturated carbocycles. The van der Waals surface area contributed by atoms with Gasteiger partial charge in [-0.2, -0.15) is 0 Å². The van der Waals surface area contributed by atoms with Crippen molar-refractivity contribution in [2.75, 3.05) is 24.2 Å². The van der Waals surface area contributed by atoms with Crippen molar-refractivity contribution >= 4 is 35.3 Å². The number of anilines is 1. The largest absolute Gasteiger partial charge is 0.457 e. The van der Waals surface area contributed by atoms with Crippen LogP contribution in [0.3, 0.4) is 0 Å². The monoisotopic (exact) mass is 595 g/mol. The van der Waals surface area contributed by atoms with Crippen LogP contribution in [0.1, 0.15) is 25.3 Å². The number of thioether (sulfide) groups is 1. The smallest absolute Gasteiger partial charge is 0.232 e. The summed E-state index contributed by atoms with van der Waals surface area (Å²) in [4.78, 5) is 34.0. The van der Waals surface area contributed by atoms with E-state index in [1.165, 1.54) is 23.9 Å². The molecule has 1 fully saturated rings. The zero-order valence-corrected chi connectivity index (χ0v) is 24.8. The Balaban J connectivity index is 1.27. The molecule has 1 aliphatic heterocycles. The molecule has 4 aromatic rings. The van der Waals surface area contributed by atoms with E-state index in [1.54, 1.807) is 48.8 Å². The Morgan fingerprint density at radius 3 is 2.37 bits per heavy atom. The maximum atomic E-state index is 13.7. The van der Waals surface area contributed by atoms with Gasteiger partial charge in [0.2, 0.25) is 11.8 Å². The predicted molar refractivity (Wildman–Crippen MR) is 169 cm³/mol. The molecule has 1 N–H and O–H groups in total. The van der Waals surface area contributed by atoms with E-state index >= 15 is 0 Å². The highest BCUT2D eigenvalue weighted by molar-refractivity contribution is 8.00. The Morgan fingerprint density at radius 2 is 1.67 bits per heavy atom. The van der Waals surface area contributed by atoms with Gasteiger partial charge in [-0.25, -0.2) is 4.39 Å². The molecule has 6 nitrogen and oxygen atoms in total. The summed E-state index contributed by atoms with van der Waals surface area (Å²) in [6, 6.07) is 26.7. The average Bonchev–Trinajstić information content (AvgIpc) is 3.21. The van der Waals surface area contributed by atoms with Crippen LogP contribution in [-0.4, -0.2) is 40.5 Å². The minimum atomic E-state index is -0.692. The number of carbonyl (C=O) groups excluding carboxylic acids is 2. The number of ether oxygens (including phenoxy) is 1. The summed E-state index contributed by atoms with van der Waals surface area (Å²) in [6.45, 7) is 3.04. The van der Waals surface area contributed by atoms with Crippen LogP contribution in [0.5, 0.6) is 11.5 Å². The fraction of sp³-hybridized carbons (Fsp3) is 0.229. The quantitative estimate of drug-likeness (QED) is 0.201. The number of pyridine rings is 1. The fourth-order valence-corrected chi connectivity index (χ4v) is 5.86. The summed E-state index contributed by atoms with van der Waals surface area (Å²) in [5.41, 5.74) is 1.04. The van der Waals surface area contributed by atoms with E-state index in [0.29, 0.717) is 48.9 Å². The minimum absolute atomic E-state index is 0.000170. The van der Waals surface area contributed by atoms with Gasteiger partial charge in [-0.05, 0) is 85.0 Å². The van der Waals surface area contributed by atoms with Crippen LogP contribution >= 0.6 is 11.8 Å². The maximum Gasteiger partial charge on any atom is 0.232 e. The standard InChI is InChI=1S/C35H34FN3O3S/c1-35(34(41)38-29-11-15-31(16-12-29)42-30-13-9-28(36)10-14-30)19-22-39(33(40)25-43-32-17-20-37-21-18-32)24-27(23-35)8-7-26-5-3-2-4-6-26/h2-18,20-21,27H,19,22-25H2,1H3,(H,38,41)/b8-7+. The number of rotatable bonds is 9. The highest BCUT2D eigenvalue weighted by atomic mass is 32.2. The molecule has 0 spiro atoms. The zero-order chi connectivity index (χ0) is 30.1. The van der Waals surface area contributed by atoms with Gasteiger partial charge in [0.1, 0.15) is 17.3 Å². The van der Waals surface area contributed by atoms with E-state index in [4.69, 9.17) is 4.74 Å². The molecular formula is C35H34FN3O3S. The van der Waals surface area contributed by atoms with Crippen LogP contribution in [0.2, 0.25) is 0 Å². The van der Waals surface area contributed by atoms with Gasteiger partial charge in [-0.1, -0.05) is 49.4 Å². The van der Waals surface area contributed by atoms with Gasteiger partial charge in [-0.3, -0.25) is 14.6 Å². The highest BCUT2D eigenvalue weighted by Crippen LogP contribution is 2.36. The second-order valence-corrected chi connectivity index (χ2v) is 11.9. The van der Waals surface area contributed by atoms with Crippen LogP contribution < -0.4 is 10.1 Å². The molecule has 8 heteroatoms. The van der Waals surface area contributed by atoms with E-state index in [2.05, 4.69) is 22.5 Å². The molecule has 3 aromatic carbocycles. The average molecular weight is 596 g/mol. The molecule has 0 radical (unpaired) electrons. The van der Waals surface area contributed by atoms with Crippen LogP contribution in [0, 0.1) is 17.2 Å². The Hall–Kier alpha value is -4.43. The summed E-state index contributed by atoms with van der Waals surface area (Å²) < 4.78 is 19.0. The zero-order valence-electron chi connectivity index (χ0n) is 24.0. The minimum Gasteiger partial charge on any atom is -0.457 e. The molecule has 2 atom stereocenters. The van der Waals surface area contributed by atoms with E-state index in [0.717, 1.165) is 10.5 Å². The van der Waals surface area contributed by atoms with E-state index < -0.39 is 5.41 Å². The number of hydrogen-bond donors (Lipinski definition) is 1. The van der Waals surface area contributed by atoms with Crippen molar-refractivity contribution in [2.45, 2.75) is 24.7 Å². The molecule has 2 heterocycles. The summed E-state index contributed by atoms with van der Waals surface area (Å²) in [5, 5.41) is 3.08. The number of carbonyl (C=O) groups is 2. The van der Waals surface area contributed by atoms with Crippen molar-refractivity contribution in [1.29, 1.82) is 0 Å². The molecule has 5 rings (SSSR count). The molecule has 220 valence electrons. The van der Waals surface area contributed by atoms with Crippen molar-refractivity contribution in [1.82, 2.24) is 9.88 Å². The molecule has 1 aromatic heterocycles. The van der Waals surface area contributed by atoms with Crippen molar-refractivity contribution in [3.63, 3.8) is 0 Å². The number of benzene rings is 3. The number of halogens is 1. The molecular weight excluding hydrogens is 561 g/mol. The summed E-state index contributed by atoms with van der Waals surface area (Å²) in [6.07, 6.45) is 8.80. The number of nitrogens with one attached hydrogen (secondary N) is 1. The number of likely N-dealkylation sites (tertiary alicyclic amines) is 1. The van der Waals surface area contributed by atoms with Crippen molar-refractivity contribution < 1.29 is 18.7 Å². The van der Waals surface area contributed by atoms with Crippen LogP contribution in [-0.2, 0) is 9.59 Å². The van der Waals surface area contributed by atoms with Gasteiger partial charge in [0.15, 0.2) is 0 Å². The molecule has 0 bridgehead atoms. The predicted octanol–water partition coefficient (Wildman–Crippen LogP) is 7.70. The topological polar surface area (TPSA) is 71.5 Å².